The minimum Gasteiger partial charge on any atom is -0.508 e. The first-order valence-corrected chi connectivity index (χ1v) is 9.53. The molecule has 4 heteroatoms. The Hall–Kier alpha value is -1.55. The molecule has 1 unspecified atom stereocenters. The summed E-state index contributed by atoms with van der Waals surface area (Å²) in [5.41, 5.74) is 2.27. The van der Waals surface area contributed by atoms with Crippen molar-refractivity contribution < 1.29 is 9.90 Å². The van der Waals surface area contributed by atoms with Crippen molar-refractivity contribution in [2.45, 2.75) is 70.0 Å². The van der Waals surface area contributed by atoms with Gasteiger partial charge < -0.3 is 15.7 Å². The highest BCUT2D eigenvalue weighted by Gasteiger charge is 2.36. The smallest absolute Gasteiger partial charge is 0.237 e. The maximum absolute atomic E-state index is 12.8. The molecule has 130 valence electrons. The van der Waals surface area contributed by atoms with Crippen LogP contribution < -0.4 is 10.6 Å². The van der Waals surface area contributed by atoms with E-state index in [1.54, 1.807) is 12.1 Å². The molecule has 0 radical (unpaired) electrons. The predicted octanol–water partition coefficient (Wildman–Crippen LogP) is 2.88. The van der Waals surface area contributed by atoms with Crippen LogP contribution in [0.2, 0.25) is 0 Å². The van der Waals surface area contributed by atoms with Crippen molar-refractivity contribution in [2.75, 3.05) is 0 Å². The second-order valence-corrected chi connectivity index (χ2v) is 7.93. The van der Waals surface area contributed by atoms with Crippen LogP contribution >= 0.6 is 0 Å². The quantitative estimate of drug-likeness (QED) is 0.779. The number of hydrogen-bond donors (Lipinski definition) is 3. The fourth-order valence-corrected chi connectivity index (χ4v) is 4.44. The molecule has 1 aromatic carbocycles. The molecule has 2 saturated carbocycles. The van der Waals surface area contributed by atoms with Gasteiger partial charge >= 0.3 is 0 Å². The van der Waals surface area contributed by atoms with E-state index in [1.165, 1.54) is 50.5 Å². The first kappa shape index (κ1) is 15.9. The van der Waals surface area contributed by atoms with Crippen LogP contribution in [0, 0.1) is 11.8 Å². The highest BCUT2D eigenvalue weighted by atomic mass is 16.3. The summed E-state index contributed by atoms with van der Waals surface area (Å²) in [4.78, 5) is 12.8. The maximum Gasteiger partial charge on any atom is 0.237 e. The van der Waals surface area contributed by atoms with Crippen molar-refractivity contribution in [3.05, 3.63) is 29.3 Å². The lowest BCUT2D eigenvalue weighted by Gasteiger charge is -2.28. The first-order valence-electron chi connectivity index (χ1n) is 9.53. The number of aromatic hydroxyl groups is 1. The van der Waals surface area contributed by atoms with Gasteiger partial charge in [0.15, 0.2) is 0 Å². The van der Waals surface area contributed by atoms with E-state index in [1.807, 2.05) is 6.07 Å². The Morgan fingerprint density at radius 3 is 2.75 bits per heavy atom. The summed E-state index contributed by atoms with van der Waals surface area (Å²) in [6.45, 7) is 0.651. The first-order chi connectivity index (χ1) is 11.7. The van der Waals surface area contributed by atoms with Crippen LogP contribution in [-0.2, 0) is 17.8 Å². The molecular formula is C20H28N2O2. The zero-order valence-electron chi connectivity index (χ0n) is 14.3. The average Bonchev–Trinajstić information content (AvgIpc) is 3.31. The molecule has 3 N–H and O–H groups in total. The molecule has 2 aliphatic carbocycles. The number of carbonyl (C=O) groups is 1. The molecular weight excluding hydrogens is 300 g/mol. The van der Waals surface area contributed by atoms with Gasteiger partial charge in [0.05, 0.1) is 6.04 Å². The number of phenolic OH excluding ortho intramolecular Hbond substituents is 1. The molecule has 4 rings (SSSR count). The summed E-state index contributed by atoms with van der Waals surface area (Å²) in [6.07, 6.45) is 9.86. The third kappa shape index (κ3) is 3.59. The van der Waals surface area contributed by atoms with Crippen LogP contribution in [0.4, 0.5) is 0 Å². The van der Waals surface area contributed by atoms with Crippen molar-refractivity contribution in [2.24, 2.45) is 11.8 Å². The van der Waals surface area contributed by atoms with Gasteiger partial charge in [-0.05, 0) is 60.8 Å². The van der Waals surface area contributed by atoms with Gasteiger partial charge in [-0.3, -0.25) is 4.79 Å². The molecule has 2 fully saturated rings. The molecule has 1 aliphatic heterocycles. The molecule has 24 heavy (non-hydrogen) atoms. The van der Waals surface area contributed by atoms with Crippen LogP contribution in [0.1, 0.15) is 56.1 Å². The fraction of sp³-hybridized carbons (Fsp3) is 0.650. The summed E-state index contributed by atoms with van der Waals surface area (Å²) in [6, 6.07) is 5.69. The minimum atomic E-state index is -0.146. The lowest BCUT2D eigenvalue weighted by atomic mass is 9.93. The topological polar surface area (TPSA) is 61.4 Å². The molecule has 1 aromatic rings. The van der Waals surface area contributed by atoms with Gasteiger partial charge in [0.1, 0.15) is 5.75 Å². The van der Waals surface area contributed by atoms with Crippen LogP contribution in [-0.4, -0.2) is 23.1 Å². The van der Waals surface area contributed by atoms with Gasteiger partial charge in [-0.1, -0.05) is 31.7 Å². The summed E-state index contributed by atoms with van der Waals surface area (Å²) >= 11 is 0. The molecule has 4 nitrogen and oxygen atoms in total. The summed E-state index contributed by atoms with van der Waals surface area (Å²) in [5, 5.41) is 16.3. The van der Waals surface area contributed by atoms with E-state index in [4.69, 9.17) is 0 Å². The van der Waals surface area contributed by atoms with Gasteiger partial charge in [0.2, 0.25) is 5.91 Å². The fourth-order valence-electron chi connectivity index (χ4n) is 4.44. The molecule has 0 saturated heterocycles. The van der Waals surface area contributed by atoms with E-state index in [9.17, 15) is 9.90 Å². The number of benzene rings is 1. The highest BCUT2D eigenvalue weighted by molar-refractivity contribution is 5.82. The highest BCUT2D eigenvalue weighted by Crippen LogP contribution is 2.38. The van der Waals surface area contributed by atoms with E-state index in [0.29, 0.717) is 30.7 Å². The third-order valence-electron chi connectivity index (χ3n) is 6.05. The Labute approximate surface area is 144 Å². The van der Waals surface area contributed by atoms with Crippen LogP contribution in [0.15, 0.2) is 18.2 Å². The van der Waals surface area contributed by atoms with Gasteiger partial charge in [-0.15, -0.1) is 0 Å². The molecule has 2 atom stereocenters. The van der Waals surface area contributed by atoms with Crippen molar-refractivity contribution in [1.82, 2.24) is 10.6 Å². The standard InChI is InChI=1S/C20H28N2O2/c23-17-8-7-15-11-19(21-12-16(15)10-17)20(24)22-18(14-5-6-14)9-13-3-1-2-4-13/h7-8,10,13-14,18-19,21,23H,1-6,9,11-12H2,(H,22,24)/t18?,19-/m1/s1. The van der Waals surface area contributed by atoms with E-state index in [-0.39, 0.29) is 11.9 Å². The van der Waals surface area contributed by atoms with Crippen LogP contribution in [0.25, 0.3) is 0 Å². The van der Waals surface area contributed by atoms with Crippen molar-refractivity contribution >= 4 is 5.91 Å². The zero-order chi connectivity index (χ0) is 16.5. The van der Waals surface area contributed by atoms with Crippen molar-refractivity contribution in [1.29, 1.82) is 0 Å². The normalized spacial score (nSPS) is 25.2. The number of carbonyl (C=O) groups excluding carboxylic acids is 1. The number of nitrogens with one attached hydrogen (secondary N) is 2. The second kappa shape index (κ2) is 6.75. The number of fused-ring (bicyclic) bond motifs is 1. The number of phenols is 1. The average molecular weight is 328 g/mol. The third-order valence-corrected chi connectivity index (χ3v) is 6.05. The molecule has 1 heterocycles. The molecule has 0 bridgehead atoms. The lowest BCUT2D eigenvalue weighted by molar-refractivity contribution is -0.124. The predicted molar refractivity (Wildman–Crippen MR) is 93.7 cm³/mol. The number of rotatable bonds is 5. The SMILES string of the molecule is O=C(NC(CC1CCCC1)C1CC1)[C@H]1Cc2ccc(O)cc2CN1. The molecule has 0 aromatic heterocycles. The monoisotopic (exact) mass is 328 g/mol. The Morgan fingerprint density at radius 2 is 2.00 bits per heavy atom. The zero-order valence-corrected chi connectivity index (χ0v) is 14.3. The van der Waals surface area contributed by atoms with Crippen LogP contribution in [0.5, 0.6) is 5.75 Å². The Bertz CT molecular complexity index is 606. The summed E-state index contributed by atoms with van der Waals surface area (Å²) in [7, 11) is 0. The Kier molecular flexibility index (Phi) is 4.49. The number of hydrogen-bond acceptors (Lipinski definition) is 3. The van der Waals surface area contributed by atoms with Gasteiger partial charge in [0.25, 0.3) is 0 Å². The largest absolute Gasteiger partial charge is 0.508 e. The van der Waals surface area contributed by atoms with E-state index in [0.717, 1.165) is 11.5 Å². The minimum absolute atomic E-state index is 0.146. The molecule has 1 amide bonds. The van der Waals surface area contributed by atoms with E-state index < -0.39 is 0 Å². The lowest BCUT2D eigenvalue weighted by Crippen LogP contribution is -2.51. The van der Waals surface area contributed by atoms with Gasteiger partial charge in [-0.2, -0.15) is 0 Å². The van der Waals surface area contributed by atoms with Gasteiger partial charge in [-0.25, -0.2) is 0 Å². The summed E-state index contributed by atoms with van der Waals surface area (Å²) < 4.78 is 0. The van der Waals surface area contributed by atoms with Crippen molar-refractivity contribution in [3.63, 3.8) is 0 Å². The van der Waals surface area contributed by atoms with Gasteiger partial charge in [0, 0.05) is 12.6 Å². The van der Waals surface area contributed by atoms with E-state index >= 15 is 0 Å². The second-order valence-electron chi connectivity index (χ2n) is 7.93. The maximum atomic E-state index is 12.8. The van der Waals surface area contributed by atoms with Crippen molar-refractivity contribution in [3.8, 4) is 5.75 Å². The Balaban J connectivity index is 1.37. The summed E-state index contributed by atoms with van der Waals surface area (Å²) in [5.74, 6) is 1.98. The molecule has 3 aliphatic rings. The molecule has 0 spiro atoms. The Morgan fingerprint density at radius 1 is 1.21 bits per heavy atom. The number of amides is 1. The van der Waals surface area contributed by atoms with Crippen LogP contribution in [0.3, 0.4) is 0 Å². The van der Waals surface area contributed by atoms with E-state index in [2.05, 4.69) is 10.6 Å².